The molecular formula is C19H23N5O. The van der Waals surface area contributed by atoms with Crippen LogP contribution in [0.25, 0.3) is 11.0 Å². The highest BCUT2D eigenvalue weighted by atomic mass is 16.1. The van der Waals surface area contributed by atoms with Crippen LogP contribution in [-0.4, -0.2) is 25.2 Å². The van der Waals surface area contributed by atoms with Crippen molar-refractivity contribution in [3.8, 4) is 0 Å². The Hall–Kier alpha value is -2.63. The van der Waals surface area contributed by atoms with Crippen molar-refractivity contribution in [1.82, 2.24) is 24.6 Å². The first-order valence-corrected chi connectivity index (χ1v) is 8.79. The van der Waals surface area contributed by atoms with E-state index in [9.17, 15) is 4.79 Å². The highest BCUT2D eigenvalue weighted by Crippen LogP contribution is 2.40. The van der Waals surface area contributed by atoms with Crippen LogP contribution >= 0.6 is 0 Å². The Labute approximate surface area is 146 Å². The van der Waals surface area contributed by atoms with Gasteiger partial charge in [-0.05, 0) is 42.5 Å². The second kappa shape index (κ2) is 6.35. The summed E-state index contributed by atoms with van der Waals surface area (Å²) in [6, 6.07) is 6.26. The van der Waals surface area contributed by atoms with E-state index in [0.717, 1.165) is 22.2 Å². The summed E-state index contributed by atoms with van der Waals surface area (Å²) in [4.78, 5) is 16.8. The first kappa shape index (κ1) is 15.9. The number of nitrogens with zero attached hydrogens (tertiary/aromatic N) is 4. The Kier molecular flexibility index (Phi) is 4.03. The van der Waals surface area contributed by atoms with Gasteiger partial charge in [0.25, 0.3) is 0 Å². The molecule has 130 valence electrons. The number of aromatic nitrogens is 4. The predicted molar refractivity (Wildman–Crippen MR) is 96.1 cm³/mol. The molecule has 1 N–H and O–H groups in total. The van der Waals surface area contributed by atoms with Crippen molar-refractivity contribution in [1.29, 1.82) is 0 Å². The summed E-state index contributed by atoms with van der Waals surface area (Å²) in [5.41, 5.74) is 4.35. The lowest BCUT2D eigenvalue weighted by Gasteiger charge is -2.05. The summed E-state index contributed by atoms with van der Waals surface area (Å²) in [6.45, 7) is 0.539. The van der Waals surface area contributed by atoms with Crippen LogP contribution in [0.5, 0.6) is 0 Å². The van der Waals surface area contributed by atoms with Gasteiger partial charge in [-0.1, -0.05) is 6.07 Å². The molecule has 2 heterocycles. The largest absolute Gasteiger partial charge is 0.352 e. The summed E-state index contributed by atoms with van der Waals surface area (Å²) in [6.07, 6.45) is 7.43. The normalized spacial score (nSPS) is 14.2. The summed E-state index contributed by atoms with van der Waals surface area (Å²) >= 11 is 0. The van der Waals surface area contributed by atoms with Crippen LogP contribution in [0.3, 0.4) is 0 Å². The van der Waals surface area contributed by atoms with E-state index >= 15 is 0 Å². The molecule has 2 aromatic heterocycles. The van der Waals surface area contributed by atoms with Crippen molar-refractivity contribution in [3.63, 3.8) is 0 Å². The van der Waals surface area contributed by atoms with E-state index < -0.39 is 0 Å². The maximum Gasteiger partial charge on any atom is 0.220 e. The Morgan fingerprint density at radius 1 is 1.28 bits per heavy atom. The first-order valence-electron chi connectivity index (χ1n) is 8.79. The molecule has 0 atom stereocenters. The monoisotopic (exact) mass is 337 g/mol. The molecular weight excluding hydrogens is 314 g/mol. The van der Waals surface area contributed by atoms with Gasteiger partial charge in [-0.3, -0.25) is 9.48 Å². The Morgan fingerprint density at radius 3 is 2.84 bits per heavy atom. The molecule has 0 bridgehead atoms. The van der Waals surface area contributed by atoms with Crippen LogP contribution in [0.2, 0.25) is 0 Å². The molecule has 1 aromatic carbocycles. The van der Waals surface area contributed by atoms with Crippen molar-refractivity contribution in [2.45, 2.75) is 38.1 Å². The molecule has 4 rings (SSSR count). The third kappa shape index (κ3) is 3.43. The fourth-order valence-electron chi connectivity index (χ4n) is 3.23. The minimum absolute atomic E-state index is 0.0589. The van der Waals surface area contributed by atoms with E-state index in [-0.39, 0.29) is 5.91 Å². The van der Waals surface area contributed by atoms with Crippen LogP contribution < -0.4 is 5.32 Å². The summed E-state index contributed by atoms with van der Waals surface area (Å²) in [5.74, 6) is 1.88. The number of rotatable bonds is 6. The van der Waals surface area contributed by atoms with E-state index in [2.05, 4.69) is 40.2 Å². The second-order valence-electron chi connectivity index (χ2n) is 6.93. The van der Waals surface area contributed by atoms with Gasteiger partial charge in [0.15, 0.2) is 0 Å². The highest BCUT2D eigenvalue weighted by Gasteiger charge is 2.28. The minimum Gasteiger partial charge on any atom is -0.352 e. The second-order valence-corrected chi connectivity index (χ2v) is 6.93. The summed E-state index contributed by atoms with van der Waals surface area (Å²) in [5, 5.41) is 7.12. The van der Waals surface area contributed by atoms with Gasteiger partial charge in [-0.15, -0.1) is 0 Å². The summed E-state index contributed by atoms with van der Waals surface area (Å²) < 4.78 is 3.95. The van der Waals surface area contributed by atoms with E-state index in [1.807, 2.05) is 13.2 Å². The van der Waals surface area contributed by atoms with Crippen molar-refractivity contribution >= 4 is 16.9 Å². The predicted octanol–water partition coefficient (Wildman–Crippen LogP) is 2.43. The topological polar surface area (TPSA) is 64.7 Å². The number of amides is 1. The van der Waals surface area contributed by atoms with Gasteiger partial charge >= 0.3 is 0 Å². The minimum atomic E-state index is 0.0589. The average molecular weight is 337 g/mol. The van der Waals surface area contributed by atoms with Crippen LogP contribution in [0.15, 0.2) is 30.6 Å². The van der Waals surface area contributed by atoms with Crippen LogP contribution in [-0.2, 0) is 31.9 Å². The fourth-order valence-corrected chi connectivity index (χ4v) is 3.23. The molecule has 0 saturated heterocycles. The van der Waals surface area contributed by atoms with E-state index in [4.69, 9.17) is 4.98 Å². The standard InChI is InChI=1S/C19H23N5O/c1-23-12-14(11-21-23)4-8-18(25)20-10-13-3-7-17-16(9-13)22-19(24(17)2)15-5-6-15/h3,7,9,11-12,15H,4-6,8,10H2,1-2H3,(H,20,25). The number of aryl methyl sites for hydroxylation is 3. The molecule has 1 saturated carbocycles. The van der Waals surface area contributed by atoms with Gasteiger partial charge in [-0.2, -0.15) is 5.10 Å². The lowest BCUT2D eigenvalue weighted by Crippen LogP contribution is -2.22. The SMILES string of the molecule is Cn1cc(CCC(=O)NCc2ccc3c(c2)nc(C2CC2)n3C)cn1. The maximum absolute atomic E-state index is 12.1. The van der Waals surface area contributed by atoms with Crippen LogP contribution in [0.4, 0.5) is 0 Å². The summed E-state index contributed by atoms with van der Waals surface area (Å²) in [7, 11) is 3.97. The molecule has 0 spiro atoms. The maximum atomic E-state index is 12.1. The van der Waals surface area contributed by atoms with Crippen LogP contribution in [0, 0.1) is 0 Å². The third-order valence-electron chi connectivity index (χ3n) is 4.81. The third-order valence-corrected chi connectivity index (χ3v) is 4.81. The number of carbonyl (C=O) groups is 1. The van der Waals surface area contributed by atoms with Crippen molar-refractivity contribution in [2.24, 2.45) is 14.1 Å². The lowest BCUT2D eigenvalue weighted by atomic mass is 10.1. The quantitative estimate of drug-likeness (QED) is 0.751. The molecule has 0 unspecified atom stereocenters. The molecule has 6 nitrogen and oxygen atoms in total. The Balaban J connectivity index is 1.36. The van der Waals surface area contributed by atoms with Gasteiger partial charge in [0, 0.05) is 39.2 Å². The molecule has 25 heavy (non-hydrogen) atoms. The molecule has 3 aromatic rings. The fraction of sp³-hybridized carbons (Fsp3) is 0.421. The zero-order valence-electron chi connectivity index (χ0n) is 14.7. The first-order chi connectivity index (χ1) is 12.1. The van der Waals surface area contributed by atoms with Gasteiger partial charge in [0.1, 0.15) is 5.82 Å². The number of hydrogen-bond acceptors (Lipinski definition) is 3. The molecule has 1 amide bonds. The zero-order chi connectivity index (χ0) is 17.4. The van der Waals surface area contributed by atoms with Gasteiger partial charge in [-0.25, -0.2) is 4.98 Å². The van der Waals surface area contributed by atoms with Gasteiger partial charge in [0.2, 0.25) is 5.91 Å². The molecule has 1 aliphatic carbocycles. The number of benzene rings is 1. The van der Waals surface area contributed by atoms with E-state index in [1.165, 1.54) is 18.7 Å². The smallest absolute Gasteiger partial charge is 0.220 e. The number of carbonyl (C=O) groups excluding carboxylic acids is 1. The molecule has 1 aliphatic rings. The lowest BCUT2D eigenvalue weighted by molar-refractivity contribution is -0.121. The zero-order valence-corrected chi connectivity index (χ0v) is 14.7. The molecule has 1 fully saturated rings. The van der Waals surface area contributed by atoms with E-state index in [0.29, 0.717) is 25.3 Å². The number of fused-ring (bicyclic) bond motifs is 1. The van der Waals surface area contributed by atoms with Crippen molar-refractivity contribution < 1.29 is 4.79 Å². The van der Waals surface area contributed by atoms with Crippen molar-refractivity contribution in [3.05, 3.63) is 47.5 Å². The average Bonchev–Trinajstić information content (AvgIpc) is 3.29. The van der Waals surface area contributed by atoms with Crippen molar-refractivity contribution in [2.75, 3.05) is 0 Å². The molecule has 0 radical (unpaired) electrons. The number of hydrogen-bond donors (Lipinski definition) is 1. The number of imidazole rings is 1. The molecule has 6 heteroatoms. The Bertz CT molecular complexity index is 919. The Morgan fingerprint density at radius 2 is 2.12 bits per heavy atom. The van der Waals surface area contributed by atoms with E-state index in [1.54, 1.807) is 10.9 Å². The van der Waals surface area contributed by atoms with Crippen LogP contribution in [0.1, 0.15) is 42.1 Å². The van der Waals surface area contributed by atoms with Gasteiger partial charge < -0.3 is 9.88 Å². The van der Waals surface area contributed by atoms with Gasteiger partial charge in [0.05, 0.1) is 17.2 Å². The molecule has 0 aliphatic heterocycles. The highest BCUT2D eigenvalue weighted by molar-refractivity contribution is 5.78. The number of nitrogens with one attached hydrogen (secondary N) is 1.